The first-order valence-electron chi connectivity index (χ1n) is 8.82. The fourth-order valence-corrected chi connectivity index (χ4v) is 3.39. The van der Waals surface area contributed by atoms with Crippen LogP contribution >= 0.6 is 11.6 Å². The maximum atomic E-state index is 13.0. The number of hydrogen-bond donors (Lipinski definition) is 0. The van der Waals surface area contributed by atoms with E-state index < -0.39 is 5.60 Å². The average molecular weight is 375 g/mol. The molecular weight excluding hydrogens is 352 g/mol. The second-order valence-corrected chi connectivity index (χ2v) is 8.00. The minimum Gasteiger partial charge on any atom is -0.460 e. The number of rotatable bonds is 2. The second kappa shape index (κ2) is 7.23. The second-order valence-electron chi connectivity index (χ2n) is 7.61. The van der Waals surface area contributed by atoms with Crippen LogP contribution in [0.25, 0.3) is 10.9 Å². The van der Waals surface area contributed by atoms with Gasteiger partial charge in [0, 0.05) is 18.5 Å². The number of fused-ring (bicyclic) bond motifs is 1. The molecule has 3 rings (SSSR count). The summed E-state index contributed by atoms with van der Waals surface area (Å²) in [5, 5.41) is 1.09. The van der Waals surface area contributed by atoms with E-state index in [0.717, 1.165) is 5.39 Å². The fraction of sp³-hybridized carbons (Fsp3) is 0.450. The number of likely N-dealkylation sites (tertiary alicyclic amines) is 1. The molecule has 0 spiro atoms. The number of carbonyl (C=O) groups is 2. The summed E-state index contributed by atoms with van der Waals surface area (Å²) >= 11 is 6.09. The molecule has 1 aromatic heterocycles. The van der Waals surface area contributed by atoms with E-state index in [4.69, 9.17) is 16.3 Å². The van der Waals surface area contributed by atoms with Gasteiger partial charge in [-0.05, 0) is 45.7 Å². The van der Waals surface area contributed by atoms with Gasteiger partial charge >= 0.3 is 5.97 Å². The van der Waals surface area contributed by atoms with Crippen molar-refractivity contribution >= 4 is 34.4 Å². The molecule has 0 atom stereocenters. The lowest BCUT2D eigenvalue weighted by Gasteiger charge is -2.32. The van der Waals surface area contributed by atoms with E-state index >= 15 is 0 Å². The summed E-state index contributed by atoms with van der Waals surface area (Å²) in [5.41, 5.74) is 0.764. The van der Waals surface area contributed by atoms with Crippen LogP contribution in [0.4, 0.5) is 0 Å². The number of nitrogens with zero attached hydrogens (tertiary/aromatic N) is 2. The highest BCUT2D eigenvalue weighted by molar-refractivity contribution is 6.30. The molecule has 0 radical (unpaired) electrons. The van der Waals surface area contributed by atoms with Gasteiger partial charge in [-0.1, -0.05) is 29.8 Å². The Kier molecular flexibility index (Phi) is 5.19. The third-order valence-corrected chi connectivity index (χ3v) is 4.63. The molecule has 1 fully saturated rings. The summed E-state index contributed by atoms with van der Waals surface area (Å²) in [4.78, 5) is 31.3. The maximum Gasteiger partial charge on any atom is 0.309 e. The molecule has 1 amide bonds. The van der Waals surface area contributed by atoms with Crippen molar-refractivity contribution in [3.8, 4) is 0 Å². The van der Waals surface area contributed by atoms with Crippen molar-refractivity contribution in [1.29, 1.82) is 0 Å². The first-order valence-corrected chi connectivity index (χ1v) is 9.20. The first-order chi connectivity index (χ1) is 12.2. The number of hydrogen-bond acceptors (Lipinski definition) is 4. The number of esters is 1. The van der Waals surface area contributed by atoms with Crippen LogP contribution in [0.5, 0.6) is 0 Å². The molecule has 5 nitrogen and oxygen atoms in total. The van der Waals surface area contributed by atoms with E-state index in [1.807, 2.05) is 45.0 Å². The van der Waals surface area contributed by atoms with Crippen molar-refractivity contribution in [2.75, 3.05) is 13.1 Å². The largest absolute Gasteiger partial charge is 0.460 e. The Morgan fingerprint density at radius 1 is 1.19 bits per heavy atom. The van der Waals surface area contributed by atoms with Crippen molar-refractivity contribution in [3.63, 3.8) is 0 Å². The Balaban J connectivity index is 1.73. The highest BCUT2D eigenvalue weighted by Gasteiger charge is 2.31. The number of ether oxygens (including phenoxy) is 1. The van der Waals surface area contributed by atoms with Crippen LogP contribution in [-0.4, -0.2) is 40.5 Å². The molecule has 1 aliphatic heterocycles. The Labute approximate surface area is 158 Å². The zero-order chi connectivity index (χ0) is 18.9. The minimum atomic E-state index is -0.489. The van der Waals surface area contributed by atoms with E-state index in [-0.39, 0.29) is 17.8 Å². The lowest BCUT2D eigenvalue weighted by molar-refractivity contribution is -0.161. The Morgan fingerprint density at radius 3 is 2.50 bits per heavy atom. The van der Waals surface area contributed by atoms with Crippen LogP contribution < -0.4 is 0 Å². The number of amides is 1. The highest BCUT2D eigenvalue weighted by Crippen LogP contribution is 2.26. The fourth-order valence-electron chi connectivity index (χ4n) is 3.19. The van der Waals surface area contributed by atoms with Crippen LogP contribution in [0.3, 0.4) is 0 Å². The van der Waals surface area contributed by atoms with Gasteiger partial charge in [0.05, 0.1) is 17.0 Å². The van der Waals surface area contributed by atoms with Gasteiger partial charge in [0.25, 0.3) is 5.91 Å². The lowest BCUT2D eigenvalue weighted by Crippen LogP contribution is -2.41. The Bertz CT molecular complexity index is 837. The Morgan fingerprint density at radius 2 is 1.85 bits per heavy atom. The minimum absolute atomic E-state index is 0.0758. The summed E-state index contributed by atoms with van der Waals surface area (Å²) in [6, 6.07) is 9.08. The van der Waals surface area contributed by atoms with Gasteiger partial charge in [0.2, 0.25) is 0 Å². The molecule has 0 unspecified atom stereocenters. The van der Waals surface area contributed by atoms with Crippen LogP contribution in [0.15, 0.2) is 30.3 Å². The number of carbonyl (C=O) groups excluding carboxylic acids is 2. The molecule has 0 saturated carbocycles. The molecule has 138 valence electrons. The highest BCUT2D eigenvalue weighted by atomic mass is 35.5. The average Bonchev–Trinajstić information content (AvgIpc) is 2.59. The van der Waals surface area contributed by atoms with Crippen LogP contribution in [0, 0.1) is 5.92 Å². The quantitative estimate of drug-likeness (QED) is 0.587. The van der Waals surface area contributed by atoms with Crippen LogP contribution in [0.2, 0.25) is 5.15 Å². The predicted molar refractivity (Wildman–Crippen MR) is 101 cm³/mol. The number of benzene rings is 1. The topological polar surface area (TPSA) is 59.5 Å². The molecule has 2 heterocycles. The van der Waals surface area contributed by atoms with Gasteiger partial charge in [-0.15, -0.1) is 0 Å². The third-order valence-electron chi connectivity index (χ3n) is 4.44. The maximum absolute atomic E-state index is 13.0. The smallest absolute Gasteiger partial charge is 0.309 e. The predicted octanol–water partition coefficient (Wildman–Crippen LogP) is 4.08. The van der Waals surface area contributed by atoms with Crippen molar-refractivity contribution in [3.05, 3.63) is 41.0 Å². The zero-order valence-corrected chi connectivity index (χ0v) is 16.0. The molecule has 0 aliphatic carbocycles. The molecule has 2 aromatic rings. The summed E-state index contributed by atoms with van der Waals surface area (Å²) in [5.74, 6) is -0.411. The van der Waals surface area contributed by atoms with Gasteiger partial charge in [0.1, 0.15) is 10.8 Å². The SMILES string of the molecule is CC(C)(C)OC(=O)C1CCN(C(=O)c2cc(Cl)nc3ccccc23)CC1. The molecular formula is C20H23ClN2O3. The zero-order valence-electron chi connectivity index (χ0n) is 15.3. The van der Waals surface area contributed by atoms with Gasteiger partial charge in [-0.3, -0.25) is 9.59 Å². The molecule has 0 N–H and O–H groups in total. The van der Waals surface area contributed by atoms with E-state index in [0.29, 0.717) is 42.2 Å². The number of para-hydroxylation sites is 1. The van der Waals surface area contributed by atoms with Crippen LogP contribution in [0.1, 0.15) is 44.0 Å². The number of pyridine rings is 1. The van der Waals surface area contributed by atoms with Gasteiger partial charge < -0.3 is 9.64 Å². The molecule has 0 bridgehead atoms. The summed E-state index contributed by atoms with van der Waals surface area (Å²) in [6.45, 7) is 6.64. The van der Waals surface area contributed by atoms with Crippen LogP contribution in [-0.2, 0) is 9.53 Å². The van der Waals surface area contributed by atoms with E-state index in [1.165, 1.54) is 0 Å². The van der Waals surface area contributed by atoms with Gasteiger partial charge in [-0.25, -0.2) is 4.98 Å². The van der Waals surface area contributed by atoms with E-state index in [1.54, 1.807) is 11.0 Å². The van der Waals surface area contributed by atoms with Gasteiger partial charge in [-0.2, -0.15) is 0 Å². The van der Waals surface area contributed by atoms with Crippen molar-refractivity contribution in [1.82, 2.24) is 9.88 Å². The number of halogens is 1. The summed E-state index contributed by atoms with van der Waals surface area (Å²) < 4.78 is 5.46. The molecule has 6 heteroatoms. The summed E-state index contributed by atoms with van der Waals surface area (Å²) in [7, 11) is 0. The van der Waals surface area contributed by atoms with E-state index in [2.05, 4.69) is 4.98 Å². The van der Waals surface area contributed by atoms with Gasteiger partial charge in [0.15, 0.2) is 0 Å². The molecule has 26 heavy (non-hydrogen) atoms. The molecule has 1 saturated heterocycles. The number of aromatic nitrogens is 1. The van der Waals surface area contributed by atoms with Crippen molar-refractivity contribution in [2.24, 2.45) is 5.92 Å². The monoisotopic (exact) mass is 374 g/mol. The first kappa shape index (κ1) is 18.6. The molecule has 1 aromatic carbocycles. The summed E-state index contributed by atoms with van der Waals surface area (Å²) in [6.07, 6.45) is 1.22. The molecule has 1 aliphatic rings. The normalized spacial score (nSPS) is 15.9. The Hall–Kier alpha value is -2.14. The third kappa shape index (κ3) is 4.15. The standard InChI is InChI=1S/C20H23ClN2O3/c1-20(2,3)26-19(25)13-8-10-23(11-9-13)18(24)15-12-17(21)22-16-7-5-4-6-14(15)16/h4-7,12-13H,8-11H2,1-3H3. The lowest BCUT2D eigenvalue weighted by atomic mass is 9.95. The number of piperidine rings is 1. The van der Waals surface area contributed by atoms with Crippen molar-refractivity contribution in [2.45, 2.75) is 39.2 Å². The van der Waals surface area contributed by atoms with E-state index in [9.17, 15) is 9.59 Å². The van der Waals surface area contributed by atoms with Crippen molar-refractivity contribution < 1.29 is 14.3 Å².